The van der Waals surface area contributed by atoms with E-state index in [4.69, 9.17) is 5.73 Å². The molecule has 0 atom stereocenters. The molecule has 30 heavy (non-hydrogen) atoms. The van der Waals surface area contributed by atoms with E-state index >= 15 is 0 Å². The number of fused-ring (bicyclic) bond motifs is 2. The lowest BCUT2D eigenvalue weighted by Gasteiger charge is -2.17. The van der Waals surface area contributed by atoms with Crippen LogP contribution in [0.25, 0.3) is 27.5 Å². The van der Waals surface area contributed by atoms with Gasteiger partial charge in [-0.3, -0.25) is 9.36 Å². The van der Waals surface area contributed by atoms with E-state index in [0.29, 0.717) is 23.4 Å². The van der Waals surface area contributed by atoms with Crippen molar-refractivity contribution in [3.8, 4) is 5.69 Å². The van der Waals surface area contributed by atoms with Crippen LogP contribution in [-0.2, 0) is 6.54 Å². The number of hydrogen-bond donors (Lipinski definition) is 1. The molecule has 0 unspecified atom stereocenters. The molecule has 0 spiro atoms. The van der Waals surface area contributed by atoms with E-state index < -0.39 is 0 Å². The van der Waals surface area contributed by atoms with Crippen LogP contribution in [0.3, 0.4) is 0 Å². The molecule has 0 saturated heterocycles. The van der Waals surface area contributed by atoms with Crippen molar-refractivity contribution in [2.24, 2.45) is 0 Å². The normalized spacial score (nSPS) is 11.4. The van der Waals surface area contributed by atoms with Gasteiger partial charge in [0.05, 0.1) is 17.6 Å². The third-order valence-corrected chi connectivity index (χ3v) is 5.94. The van der Waals surface area contributed by atoms with E-state index in [-0.39, 0.29) is 5.56 Å². The molecule has 0 radical (unpaired) electrons. The SMILES string of the molecule is Cc1ccccc1-n1c(Cn2nc(I)c3c(N)ncnc32)cc2ccccc2c1=O. The summed E-state index contributed by atoms with van der Waals surface area (Å²) in [6.45, 7) is 2.37. The quantitative estimate of drug-likeness (QED) is 0.376. The standard InChI is InChI=1S/C22H17IN6O/c1-13-6-2-5-9-17(13)29-15(10-14-7-3-4-8-16(14)22(29)30)11-28-21-18(19(23)27-28)20(24)25-12-26-21/h2-10,12H,11H2,1H3,(H2,24,25,26). The van der Waals surface area contributed by atoms with Crippen LogP contribution in [0, 0.1) is 10.6 Å². The Kier molecular flexibility index (Phi) is 4.50. The molecule has 0 aliphatic rings. The molecule has 3 aromatic heterocycles. The molecule has 7 nitrogen and oxygen atoms in total. The molecule has 2 N–H and O–H groups in total. The minimum Gasteiger partial charge on any atom is -0.383 e. The van der Waals surface area contributed by atoms with Crippen LogP contribution in [0.15, 0.2) is 65.7 Å². The van der Waals surface area contributed by atoms with Crippen LogP contribution in [0.2, 0.25) is 0 Å². The highest BCUT2D eigenvalue weighted by Crippen LogP contribution is 2.25. The lowest BCUT2D eigenvalue weighted by atomic mass is 10.1. The average molecular weight is 508 g/mol. The Bertz CT molecular complexity index is 1490. The van der Waals surface area contributed by atoms with Gasteiger partial charge < -0.3 is 5.73 Å². The summed E-state index contributed by atoms with van der Waals surface area (Å²) in [6, 6.07) is 17.5. The van der Waals surface area contributed by atoms with Crippen molar-refractivity contribution in [2.45, 2.75) is 13.5 Å². The van der Waals surface area contributed by atoms with Crippen molar-refractivity contribution >= 4 is 50.2 Å². The maximum absolute atomic E-state index is 13.5. The number of nitrogens with two attached hydrogens (primary N) is 1. The summed E-state index contributed by atoms with van der Waals surface area (Å²) in [4.78, 5) is 22.0. The first-order chi connectivity index (χ1) is 14.5. The number of nitrogen functional groups attached to an aromatic ring is 1. The molecule has 5 rings (SSSR count). The van der Waals surface area contributed by atoms with E-state index in [0.717, 1.165) is 31.4 Å². The van der Waals surface area contributed by atoms with Crippen LogP contribution in [0.5, 0.6) is 0 Å². The highest BCUT2D eigenvalue weighted by molar-refractivity contribution is 14.1. The molecule has 5 aromatic rings. The number of halogens is 1. The van der Waals surface area contributed by atoms with E-state index in [1.165, 1.54) is 6.33 Å². The van der Waals surface area contributed by atoms with Crippen LogP contribution in [0.1, 0.15) is 11.3 Å². The number of para-hydroxylation sites is 1. The van der Waals surface area contributed by atoms with Gasteiger partial charge in [-0.1, -0.05) is 36.4 Å². The van der Waals surface area contributed by atoms with Gasteiger partial charge in [-0.25, -0.2) is 14.6 Å². The Morgan fingerprint density at radius 3 is 2.67 bits per heavy atom. The predicted molar refractivity (Wildman–Crippen MR) is 126 cm³/mol. The Morgan fingerprint density at radius 2 is 1.83 bits per heavy atom. The van der Waals surface area contributed by atoms with Crippen molar-refractivity contribution in [2.75, 3.05) is 5.73 Å². The van der Waals surface area contributed by atoms with Gasteiger partial charge in [-0.05, 0) is 58.7 Å². The minimum atomic E-state index is -0.0577. The summed E-state index contributed by atoms with van der Waals surface area (Å²) in [7, 11) is 0. The second-order valence-corrected chi connectivity index (χ2v) is 8.08. The van der Waals surface area contributed by atoms with Gasteiger partial charge in [0.1, 0.15) is 15.8 Å². The van der Waals surface area contributed by atoms with Crippen LogP contribution in [-0.4, -0.2) is 24.3 Å². The number of aromatic nitrogens is 5. The molecular weight excluding hydrogens is 491 g/mol. The monoisotopic (exact) mass is 508 g/mol. The van der Waals surface area contributed by atoms with Crippen molar-refractivity contribution in [1.29, 1.82) is 0 Å². The molecule has 0 saturated carbocycles. The summed E-state index contributed by atoms with van der Waals surface area (Å²) >= 11 is 2.13. The van der Waals surface area contributed by atoms with Gasteiger partial charge in [0.15, 0.2) is 5.65 Å². The number of pyridine rings is 1. The van der Waals surface area contributed by atoms with Gasteiger partial charge in [0.25, 0.3) is 5.56 Å². The third kappa shape index (κ3) is 2.95. The van der Waals surface area contributed by atoms with Crippen LogP contribution >= 0.6 is 22.6 Å². The molecule has 0 fully saturated rings. The Balaban J connectivity index is 1.79. The number of benzene rings is 2. The number of anilines is 1. The highest BCUT2D eigenvalue weighted by Gasteiger charge is 2.17. The first-order valence-electron chi connectivity index (χ1n) is 9.37. The van der Waals surface area contributed by atoms with Gasteiger partial charge in [-0.2, -0.15) is 5.10 Å². The smallest absolute Gasteiger partial charge is 0.263 e. The summed E-state index contributed by atoms with van der Waals surface area (Å²) in [5, 5.41) is 6.91. The minimum absolute atomic E-state index is 0.0577. The fourth-order valence-corrected chi connectivity index (χ4v) is 4.54. The highest BCUT2D eigenvalue weighted by atomic mass is 127. The first-order valence-corrected chi connectivity index (χ1v) is 10.4. The fraction of sp³-hybridized carbons (Fsp3) is 0.0909. The van der Waals surface area contributed by atoms with Gasteiger partial charge in [0, 0.05) is 11.1 Å². The summed E-state index contributed by atoms with van der Waals surface area (Å²) in [6.07, 6.45) is 1.43. The van der Waals surface area contributed by atoms with Crippen molar-refractivity contribution < 1.29 is 0 Å². The van der Waals surface area contributed by atoms with E-state index in [9.17, 15) is 4.79 Å². The second-order valence-electron chi connectivity index (χ2n) is 7.06. The van der Waals surface area contributed by atoms with Crippen molar-refractivity contribution in [1.82, 2.24) is 24.3 Å². The molecule has 2 aromatic carbocycles. The zero-order chi connectivity index (χ0) is 20.8. The van der Waals surface area contributed by atoms with Gasteiger partial charge in [-0.15, -0.1) is 0 Å². The number of aryl methyl sites for hydroxylation is 1. The molecular formula is C22H17IN6O. The summed E-state index contributed by atoms with van der Waals surface area (Å²) < 4.78 is 4.27. The van der Waals surface area contributed by atoms with E-state index in [1.807, 2.05) is 61.5 Å². The zero-order valence-electron chi connectivity index (χ0n) is 16.1. The van der Waals surface area contributed by atoms with Crippen molar-refractivity contribution in [3.63, 3.8) is 0 Å². The van der Waals surface area contributed by atoms with Crippen LogP contribution in [0.4, 0.5) is 5.82 Å². The number of nitrogens with zero attached hydrogens (tertiary/aromatic N) is 5. The summed E-state index contributed by atoms with van der Waals surface area (Å²) in [5.41, 5.74) is 9.30. The molecule has 0 amide bonds. The van der Waals surface area contributed by atoms with E-state index in [2.05, 4.69) is 37.7 Å². The maximum atomic E-state index is 13.5. The van der Waals surface area contributed by atoms with Crippen LogP contribution < -0.4 is 11.3 Å². The first kappa shape index (κ1) is 18.7. The molecule has 8 heteroatoms. The zero-order valence-corrected chi connectivity index (χ0v) is 18.2. The number of rotatable bonds is 3. The lowest BCUT2D eigenvalue weighted by molar-refractivity contribution is 0.665. The second kappa shape index (κ2) is 7.21. The van der Waals surface area contributed by atoms with Gasteiger partial charge in [0.2, 0.25) is 0 Å². The molecule has 0 bridgehead atoms. The maximum Gasteiger partial charge on any atom is 0.263 e. The largest absolute Gasteiger partial charge is 0.383 e. The Morgan fingerprint density at radius 1 is 1.07 bits per heavy atom. The average Bonchev–Trinajstić information content (AvgIpc) is 3.06. The molecule has 148 valence electrons. The van der Waals surface area contributed by atoms with Crippen molar-refractivity contribution in [3.05, 3.63) is 86.2 Å². The number of hydrogen-bond acceptors (Lipinski definition) is 5. The molecule has 0 aliphatic heterocycles. The predicted octanol–water partition coefficient (Wildman–Crippen LogP) is 3.67. The lowest BCUT2D eigenvalue weighted by Crippen LogP contribution is -2.24. The Hall–Kier alpha value is -3.27. The third-order valence-electron chi connectivity index (χ3n) is 5.19. The topological polar surface area (TPSA) is 91.6 Å². The van der Waals surface area contributed by atoms with E-state index in [1.54, 1.807) is 9.25 Å². The Labute approximate surface area is 185 Å². The summed E-state index contributed by atoms with van der Waals surface area (Å²) in [5.74, 6) is 0.394. The fourth-order valence-electron chi connectivity index (χ4n) is 3.76. The van der Waals surface area contributed by atoms with Gasteiger partial charge >= 0.3 is 0 Å². The molecule has 0 aliphatic carbocycles. The molecule has 3 heterocycles.